The van der Waals surface area contributed by atoms with Crippen molar-refractivity contribution in [3.05, 3.63) is 35.9 Å². The Morgan fingerprint density at radius 1 is 1.08 bits per heavy atom. The summed E-state index contributed by atoms with van der Waals surface area (Å²) >= 11 is 0. The van der Waals surface area contributed by atoms with Crippen LogP contribution in [0, 0.1) is 5.92 Å². The third-order valence-electron chi connectivity index (χ3n) is 5.00. The number of hydrogen-bond acceptors (Lipinski definition) is 4. The van der Waals surface area contributed by atoms with Crippen LogP contribution in [0.1, 0.15) is 24.8 Å². The first-order valence-corrected chi connectivity index (χ1v) is 10.6. The van der Waals surface area contributed by atoms with Crippen LogP contribution in [0.2, 0.25) is 0 Å². The van der Waals surface area contributed by atoms with Crippen LogP contribution in [0.25, 0.3) is 0 Å². The molecule has 2 heterocycles. The van der Waals surface area contributed by atoms with Crippen molar-refractivity contribution < 1.29 is 18.0 Å². The van der Waals surface area contributed by atoms with Crippen molar-refractivity contribution in [3.8, 4) is 0 Å². The maximum atomic E-state index is 12.4. The number of nitrogens with zero attached hydrogens (tertiary/aromatic N) is 1. The van der Waals surface area contributed by atoms with Crippen molar-refractivity contribution in [3.63, 3.8) is 0 Å². The Labute approximate surface area is 148 Å². The highest BCUT2D eigenvalue weighted by atomic mass is 32.2. The van der Waals surface area contributed by atoms with Gasteiger partial charge in [-0.15, -0.1) is 0 Å². The molecule has 1 N–H and O–H groups in total. The number of carbonyl (C=O) groups excluding carboxylic acids is 2. The molecule has 0 aromatic heterocycles. The fourth-order valence-corrected chi connectivity index (χ4v) is 5.17. The molecule has 1 aromatic carbocycles. The minimum absolute atomic E-state index is 0.0488. The molecule has 0 radical (unpaired) electrons. The topological polar surface area (TPSA) is 83.6 Å². The van der Waals surface area contributed by atoms with E-state index in [0.29, 0.717) is 38.8 Å². The van der Waals surface area contributed by atoms with Gasteiger partial charge >= 0.3 is 0 Å². The van der Waals surface area contributed by atoms with Crippen LogP contribution in [0.15, 0.2) is 30.3 Å². The molecule has 2 amide bonds. The number of piperidine rings is 1. The minimum Gasteiger partial charge on any atom is -0.352 e. The van der Waals surface area contributed by atoms with Gasteiger partial charge in [-0.25, -0.2) is 8.42 Å². The van der Waals surface area contributed by atoms with Crippen LogP contribution in [0.5, 0.6) is 0 Å². The van der Waals surface area contributed by atoms with E-state index in [1.54, 1.807) is 0 Å². The first-order chi connectivity index (χ1) is 11.9. The molecule has 7 heteroatoms. The average Bonchev–Trinajstić information content (AvgIpc) is 2.94. The highest BCUT2D eigenvalue weighted by Crippen LogP contribution is 2.20. The van der Waals surface area contributed by atoms with Gasteiger partial charge in [0.25, 0.3) is 0 Å². The number of sulfone groups is 1. The zero-order valence-electron chi connectivity index (χ0n) is 14.2. The Morgan fingerprint density at radius 2 is 1.76 bits per heavy atom. The molecular formula is C18H24N2O4S. The number of amides is 2. The van der Waals surface area contributed by atoms with Crippen molar-refractivity contribution in [2.24, 2.45) is 5.92 Å². The predicted molar refractivity (Wildman–Crippen MR) is 94.7 cm³/mol. The van der Waals surface area contributed by atoms with Gasteiger partial charge < -0.3 is 10.2 Å². The van der Waals surface area contributed by atoms with Crippen molar-refractivity contribution in [1.82, 2.24) is 10.2 Å². The summed E-state index contributed by atoms with van der Waals surface area (Å²) < 4.78 is 22.9. The smallest absolute Gasteiger partial charge is 0.226 e. The summed E-state index contributed by atoms with van der Waals surface area (Å²) in [7, 11) is -2.99. The first-order valence-electron chi connectivity index (χ1n) is 8.75. The van der Waals surface area contributed by atoms with Crippen LogP contribution in [-0.2, 0) is 25.8 Å². The van der Waals surface area contributed by atoms with Gasteiger partial charge in [0, 0.05) is 25.0 Å². The Kier molecular flexibility index (Phi) is 5.42. The second kappa shape index (κ2) is 7.56. The molecule has 2 fully saturated rings. The van der Waals surface area contributed by atoms with Gasteiger partial charge in [0.15, 0.2) is 9.84 Å². The predicted octanol–water partition coefficient (Wildman–Crippen LogP) is 0.771. The highest BCUT2D eigenvalue weighted by Gasteiger charge is 2.32. The zero-order valence-corrected chi connectivity index (χ0v) is 15.0. The van der Waals surface area contributed by atoms with E-state index in [2.05, 4.69) is 5.32 Å². The van der Waals surface area contributed by atoms with Gasteiger partial charge in [-0.2, -0.15) is 0 Å². The van der Waals surface area contributed by atoms with Crippen LogP contribution in [-0.4, -0.2) is 55.8 Å². The SMILES string of the molecule is O=C(NC1CCS(=O)(=O)C1)C1CCN(C(=O)Cc2ccccc2)CC1. The molecule has 1 unspecified atom stereocenters. The molecule has 0 spiro atoms. The number of hydrogen-bond donors (Lipinski definition) is 1. The molecule has 6 nitrogen and oxygen atoms in total. The van der Waals surface area contributed by atoms with E-state index in [9.17, 15) is 18.0 Å². The maximum Gasteiger partial charge on any atom is 0.226 e. The lowest BCUT2D eigenvalue weighted by molar-refractivity contribution is -0.135. The summed E-state index contributed by atoms with van der Waals surface area (Å²) in [6.07, 6.45) is 2.15. The van der Waals surface area contributed by atoms with E-state index >= 15 is 0 Å². The second-order valence-corrected chi connectivity index (χ2v) is 9.15. The van der Waals surface area contributed by atoms with Gasteiger partial charge in [0.1, 0.15) is 0 Å². The van der Waals surface area contributed by atoms with E-state index < -0.39 is 9.84 Å². The second-order valence-electron chi connectivity index (χ2n) is 6.93. The minimum atomic E-state index is -2.99. The van der Waals surface area contributed by atoms with E-state index in [1.807, 2.05) is 35.2 Å². The van der Waals surface area contributed by atoms with E-state index in [4.69, 9.17) is 0 Å². The molecule has 1 atom stereocenters. The summed E-state index contributed by atoms with van der Waals surface area (Å²) in [6, 6.07) is 9.38. The number of benzene rings is 1. The van der Waals surface area contributed by atoms with Gasteiger partial charge in [0.05, 0.1) is 17.9 Å². The lowest BCUT2D eigenvalue weighted by atomic mass is 9.95. The number of carbonyl (C=O) groups is 2. The number of likely N-dealkylation sites (tertiary alicyclic amines) is 1. The maximum absolute atomic E-state index is 12.4. The van der Waals surface area contributed by atoms with Crippen molar-refractivity contribution in [2.45, 2.75) is 31.7 Å². The average molecular weight is 364 g/mol. The lowest BCUT2D eigenvalue weighted by Gasteiger charge is -2.32. The van der Waals surface area contributed by atoms with Gasteiger partial charge in [0.2, 0.25) is 11.8 Å². The molecule has 25 heavy (non-hydrogen) atoms. The molecular weight excluding hydrogens is 340 g/mol. The summed E-state index contributed by atoms with van der Waals surface area (Å²) in [6.45, 7) is 1.15. The van der Waals surface area contributed by atoms with Crippen LogP contribution in [0.4, 0.5) is 0 Å². The third-order valence-corrected chi connectivity index (χ3v) is 6.76. The van der Waals surface area contributed by atoms with Crippen molar-refractivity contribution in [2.75, 3.05) is 24.6 Å². The monoisotopic (exact) mass is 364 g/mol. The number of nitrogens with one attached hydrogen (secondary N) is 1. The van der Waals surface area contributed by atoms with Gasteiger partial charge in [-0.05, 0) is 24.8 Å². The zero-order chi connectivity index (χ0) is 17.9. The third kappa shape index (κ3) is 4.81. The molecule has 3 rings (SSSR count). The molecule has 0 saturated carbocycles. The molecule has 0 aliphatic carbocycles. The Morgan fingerprint density at radius 3 is 2.36 bits per heavy atom. The van der Waals surface area contributed by atoms with Gasteiger partial charge in [-0.3, -0.25) is 9.59 Å². The summed E-state index contributed by atoms with van der Waals surface area (Å²) in [4.78, 5) is 26.5. The van der Waals surface area contributed by atoms with Crippen LogP contribution < -0.4 is 5.32 Å². The highest BCUT2D eigenvalue weighted by molar-refractivity contribution is 7.91. The largest absolute Gasteiger partial charge is 0.352 e. The fraction of sp³-hybridized carbons (Fsp3) is 0.556. The fourth-order valence-electron chi connectivity index (χ4n) is 3.50. The number of rotatable bonds is 4. The molecule has 0 bridgehead atoms. The Hall–Kier alpha value is -1.89. The molecule has 2 aliphatic heterocycles. The van der Waals surface area contributed by atoms with Crippen molar-refractivity contribution >= 4 is 21.7 Å². The molecule has 2 aliphatic rings. The Bertz CT molecular complexity index is 725. The van der Waals surface area contributed by atoms with E-state index in [0.717, 1.165) is 5.56 Å². The summed E-state index contributed by atoms with van der Waals surface area (Å²) in [5.74, 6) is 0.0885. The summed E-state index contributed by atoms with van der Waals surface area (Å²) in [5.41, 5.74) is 0.995. The lowest BCUT2D eigenvalue weighted by Crippen LogP contribution is -2.46. The normalized spacial score (nSPS) is 23.4. The van der Waals surface area contributed by atoms with Crippen LogP contribution >= 0.6 is 0 Å². The standard InChI is InChI=1S/C18H24N2O4S/c21-17(12-14-4-2-1-3-5-14)20-9-6-15(7-10-20)18(22)19-16-8-11-25(23,24)13-16/h1-5,15-16H,6-13H2,(H,19,22). The summed E-state index contributed by atoms with van der Waals surface area (Å²) in [5, 5.41) is 2.87. The molecule has 2 saturated heterocycles. The quantitative estimate of drug-likeness (QED) is 0.855. The molecule has 1 aromatic rings. The Balaban J connectivity index is 1.45. The van der Waals surface area contributed by atoms with Crippen LogP contribution in [0.3, 0.4) is 0 Å². The molecule has 136 valence electrons. The van der Waals surface area contributed by atoms with E-state index in [1.165, 1.54) is 0 Å². The van der Waals surface area contributed by atoms with Gasteiger partial charge in [-0.1, -0.05) is 30.3 Å². The van der Waals surface area contributed by atoms with E-state index in [-0.39, 0.29) is 35.3 Å². The van der Waals surface area contributed by atoms with Crippen molar-refractivity contribution in [1.29, 1.82) is 0 Å². The first kappa shape index (κ1) is 17.9.